The molecule has 0 aromatic heterocycles. The molecule has 1 atom stereocenters. The number of ether oxygens (including phenoxy) is 1. The SMILES string of the molecule is CC1(N)CN(C2CCOC3(CCCCC3)C2)C1. The minimum atomic E-state index is 0.0675. The molecule has 3 aliphatic rings. The molecular formula is C14H26N2O. The quantitative estimate of drug-likeness (QED) is 0.758. The average Bonchev–Trinajstić information content (AvgIpc) is 2.27. The average molecular weight is 238 g/mol. The lowest BCUT2D eigenvalue weighted by Gasteiger charge is -2.54. The van der Waals surface area contributed by atoms with Crippen molar-refractivity contribution in [2.24, 2.45) is 5.73 Å². The van der Waals surface area contributed by atoms with Crippen LogP contribution in [0.15, 0.2) is 0 Å². The summed E-state index contributed by atoms with van der Waals surface area (Å²) in [7, 11) is 0. The molecular weight excluding hydrogens is 212 g/mol. The van der Waals surface area contributed by atoms with Crippen LogP contribution in [0.3, 0.4) is 0 Å². The van der Waals surface area contributed by atoms with E-state index in [-0.39, 0.29) is 11.1 Å². The molecule has 2 aliphatic heterocycles. The molecule has 17 heavy (non-hydrogen) atoms. The monoisotopic (exact) mass is 238 g/mol. The molecule has 3 fully saturated rings. The number of nitrogens with two attached hydrogens (primary N) is 1. The van der Waals surface area contributed by atoms with Gasteiger partial charge in [-0.05, 0) is 32.6 Å². The van der Waals surface area contributed by atoms with Crippen LogP contribution in [0.4, 0.5) is 0 Å². The zero-order valence-corrected chi connectivity index (χ0v) is 11.1. The summed E-state index contributed by atoms with van der Waals surface area (Å²) in [6, 6.07) is 0.735. The van der Waals surface area contributed by atoms with Crippen molar-refractivity contribution in [3.8, 4) is 0 Å². The maximum Gasteiger partial charge on any atom is 0.0697 e. The summed E-state index contributed by atoms with van der Waals surface area (Å²) in [6.45, 7) is 5.28. The van der Waals surface area contributed by atoms with Crippen molar-refractivity contribution >= 4 is 0 Å². The standard InChI is InChI=1S/C14H26N2O/c1-13(15)10-16(11-13)12-5-8-17-14(9-12)6-3-2-4-7-14/h12H,2-11,15H2,1H3. The number of hydrogen-bond donors (Lipinski definition) is 1. The summed E-state index contributed by atoms with van der Waals surface area (Å²) in [5.74, 6) is 0. The number of rotatable bonds is 1. The highest BCUT2D eigenvalue weighted by atomic mass is 16.5. The highest BCUT2D eigenvalue weighted by Gasteiger charge is 2.45. The zero-order chi connectivity index (χ0) is 11.9. The van der Waals surface area contributed by atoms with Gasteiger partial charge in [0.1, 0.15) is 0 Å². The molecule has 2 heterocycles. The number of hydrogen-bond acceptors (Lipinski definition) is 3. The predicted octanol–water partition coefficient (Wildman–Crippen LogP) is 1.90. The van der Waals surface area contributed by atoms with E-state index < -0.39 is 0 Å². The first-order chi connectivity index (χ1) is 8.09. The molecule has 1 unspecified atom stereocenters. The van der Waals surface area contributed by atoms with Crippen LogP contribution in [-0.2, 0) is 4.74 Å². The molecule has 2 saturated heterocycles. The van der Waals surface area contributed by atoms with E-state index in [1.54, 1.807) is 0 Å². The van der Waals surface area contributed by atoms with Gasteiger partial charge in [-0.1, -0.05) is 19.3 Å². The number of nitrogens with zero attached hydrogens (tertiary/aromatic N) is 1. The van der Waals surface area contributed by atoms with Crippen molar-refractivity contribution < 1.29 is 4.74 Å². The summed E-state index contributed by atoms with van der Waals surface area (Å²) in [5, 5.41) is 0. The molecule has 1 aliphatic carbocycles. The molecule has 0 radical (unpaired) electrons. The van der Waals surface area contributed by atoms with Gasteiger partial charge >= 0.3 is 0 Å². The molecule has 0 aromatic rings. The first-order valence-electron chi connectivity index (χ1n) is 7.26. The Morgan fingerprint density at radius 3 is 2.53 bits per heavy atom. The van der Waals surface area contributed by atoms with E-state index in [9.17, 15) is 0 Å². The number of likely N-dealkylation sites (tertiary alicyclic amines) is 1. The molecule has 3 heteroatoms. The Labute approximate surface area is 105 Å². The van der Waals surface area contributed by atoms with E-state index >= 15 is 0 Å². The van der Waals surface area contributed by atoms with Gasteiger partial charge in [0.05, 0.1) is 5.60 Å². The Kier molecular flexibility index (Phi) is 2.96. The minimum Gasteiger partial charge on any atom is -0.375 e. The van der Waals surface area contributed by atoms with E-state index in [0.717, 1.165) is 25.7 Å². The Hall–Kier alpha value is -0.120. The Balaban J connectivity index is 1.60. The van der Waals surface area contributed by atoms with Crippen LogP contribution in [0.5, 0.6) is 0 Å². The second-order valence-corrected chi connectivity index (χ2v) is 6.80. The molecule has 0 amide bonds. The maximum absolute atomic E-state index is 6.15. The fraction of sp³-hybridized carbons (Fsp3) is 1.00. The molecule has 2 N–H and O–H groups in total. The molecule has 3 rings (SSSR count). The summed E-state index contributed by atoms with van der Waals surface area (Å²) in [6.07, 6.45) is 9.17. The van der Waals surface area contributed by atoms with Crippen LogP contribution in [0.1, 0.15) is 51.9 Å². The fourth-order valence-electron chi connectivity index (χ4n) is 4.00. The maximum atomic E-state index is 6.15. The normalized spacial score (nSPS) is 36.7. The van der Waals surface area contributed by atoms with E-state index in [0.29, 0.717) is 0 Å². The van der Waals surface area contributed by atoms with Gasteiger partial charge in [0.15, 0.2) is 0 Å². The van der Waals surface area contributed by atoms with Gasteiger partial charge in [0, 0.05) is 31.3 Å². The smallest absolute Gasteiger partial charge is 0.0697 e. The Morgan fingerprint density at radius 2 is 1.88 bits per heavy atom. The zero-order valence-electron chi connectivity index (χ0n) is 11.1. The van der Waals surface area contributed by atoms with Gasteiger partial charge < -0.3 is 10.5 Å². The minimum absolute atomic E-state index is 0.0675. The molecule has 0 aromatic carbocycles. The largest absolute Gasteiger partial charge is 0.375 e. The van der Waals surface area contributed by atoms with E-state index in [4.69, 9.17) is 10.5 Å². The van der Waals surface area contributed by atoms with E-state index in [2.05, 4.69) is 11.8 Å². The van der Waals surface area contributed by atoms with Crippen molar-refractivity contribution in [1.29, 1.82) is 0 Å². The topological polar surface area (TPSA) is 38.5 Å². The van der Waals surface area contributed by atoms with Gasteiger partial charge in [0.25, 0.3) is 0 Å². The third kappa shape index (κ3) is 2.38. The summed E-state index contributed by atoms with van der Waals surface area (Å²) < 4.78 is 6.15. The van der Waals surface area contributed by atoms with Crippen molar-refractivity contribution in [2.45, 2.75) is 69.1 Å². The van der Waals surface area contributed by atoms with Crippen LogP contribution < -0.4 is 5.73 Å². The highest BCUT2D eigenvalue weighted by molar-refractivity contribution is 5.02. The van der Waals surface area contributed by atoms with Gasteiger partial charge in [0.2, 0.25) is 0 Å². The van der Waals surface area contributed by atoms with Crippen LogP contribution >= 0.6 is 0 Å². The third-order valence-electron chi connectivity index (χ3n) is 4.88. The van der Waals surface area contributed by atoms with Gasteiger partial charge in [-0.15, -0.1) is 0 Å². The fourth-order valence-corrected chi connectivity index (χ4v) is 4.00. The van der Waals surface area contributed by atoms with Crippen molar-refractivity contribution in [2.75, 3.05) is 19.7 Å². The second-order valence-electron chi connectivity index (χ2n) is 6.80. The van der Waals surface area contributed by atoms with Gasteiger partial charge in [-0.25, -0.2) is 0 Å². The van der Waals surface area contributed by atoms with Crippen molar-refractivity contribution in [3.05, 3.63) is 0 Å². The van der Waals surface area contributed by atoms with Crippen LogP contribution in [0, 0.1) is 0 Å². The molecule has 0 bridgehead atoms. The van der Waals surface area contributed by atoms with Gasteiger partial charge in [-0.2, -0.15) is 0 Å². The van der Waals surface area contributed by atoms with E-state index in [1.165, 1.54) is 44.9 Å². The van der Waals surface area contributed by atoms with Crippen LogP contribution in [0.25, 0.3) is 0 Å². The molecule has 3 nitrogen and oxygen atoms in total. The highest BCUT2D eigenvalue weighted by Crippen LogP contribution is 2.41. The van der Waals surface area contributed by atoms with Crippen molar-refractivity contribution in [1.82, 2.24) is 4.90 Å². The van der Waals surface area contributed by atoms with Crippen LogP contribution in [-0.4, -0.2) is 41.8 Å². The second kappa shape index (κ2) is 4.22. The van der Waals surface area contributed by atoms with E-state index in [1.807, 2.05) is 0 Å². The summed E-state index contributed by atoms with van der Waals surface area (Å²) in [5.41, 5.74) is 6.42. The third-order valence-corrected chi connectivity index (χ3v) is 4.88. The predicted molar refractivity (Wildman–Crippen MR) is 69.0 cm³/mol. The molecule has 1 spiro atoms. The van der Waals surface area contributed by atoms with Crippen molar-refractivity contribution in [3.63, 3.8) is 0 Å². The van der Waals surface area contributed by atoms with Crippen LogP contribution in [0.2, 0.25) is 0 Å². The first kappa shape index (κ1) is 11.9. The molecule has 98 valence electrons. The summed E-state index contributed by atoms with van der Waals surface area (Å²) in [4.78, 5) is 2.58. The first-order valence-corrected chi connectivity index (χ1v) is 7.26. The lowest BCUT2D eigenvalue weighted by atomic mass is 9.76. The van der Waals surface area contributed by atoms with Gasteiger partial charge in [-0.3, -0.25) is 4.90 Å². The Bertz CT molecular complexity index is 270. The molecule has 1 saturated carbocycles. The summed E-state index contributed by atoms with van der Waals surface area (Å²) >= 11 is 0. The Morgan fingerprint density at radius 1 is 1.18 bits per heavy atom. The lowest BCUT2D eigenvalue weighted by Crippen LogP contribution is -2.69. The lowest BCUT2D eigenvalue weighted by molar-refractivity contribution is -0.136.